The summed E-state index contributed by atoms with van der Waals surface area (Å²) in [5.74, 6) is 0.719. The number of alkyl halides is 1. The van der Waals surface area contributed by atoms with Crippen LogP contribution < -0.4 is 34.3 Å². The van der Waals surface area contributed by atoms with E-state index in [0.29, 0.717) is 34.5 Å². The number of aldehydes is 2. The predicted octanol–water partition coefficient (Wildman–Crippen LogP) is -0.223. The second kappa shape index (κ2) is 23.9. The van der Waals surface area contributed by atoms with E-state index in [1.807, 2.05) is 4.93 Å². The summed E-state index contributed by atoms with van der Waals surface area (Å²) in [6.45, 7) is 0. The summed E-state index contributed by atoms with van der Waals surface area (Å²) in [5.41, 5.74) is 0.868. The van der Waals surface area contributed by atoms with Gasteiger partial charge in [0.05, 0.1) is 17.2 Å². The fourth-order valence-corrected chi connectivity index (χ4v) is 2.03. The summed E-state index contributed by atoms with van der Waals surface area (Å²) in [7, 11) is 27.3. The van der Waals surface area contributed by atoms with Crippen LogP contribution in [0.25, 0.3) is 0 Å². The van der Waals surface area contributed by atoms with E-state index < -0.39 is 19.2 Å². The van der Waals surface area contributed by atoms with Gasteiger partial charge in [-0.3, -0.25) is 9.59 Å². The minimum Gasteiger partial charge on any atom is -1.00 e. The Balaban J connectivity index is -0.000000116. The number of hydrogen-bond donors (Lipinski definition) is 1. The third-order valence-corrected chi connectivity index (χ3v) is 3.99. The second-order valence-corrected chi connectivity index (χ2v) is 6.38. The zero-order valence-electron chi connectivity index (χ0n) is 19.0. The molecule has 16 heteroatoms. The number of methoxy groups -OCH3 is 1. The van der Waals surface area contributed by atoms with E-state index in [0.717, 1.165) is 0 Å². The molecule has 2 aromatic carbocycles. The number of halogens is 3. The summed E-state index contributed by atoms with van der Waals surface area (Å²) < 4.78 is 4.89. The van der Waals surface area contributed by atoms with Gasteiger partial charge < -0.3 is 11.3 Å². The molecule has 0 atom stereocenters. The SMILES string of the molecule is C.CI.COc1ccc(C=O)c(Cl)c1.O=Cc1ccc(O)cc1Cl.[B]B([B])B([B])B([B])[B].[H-].[Na+]. The monoisotopic (exact) mass is 596 g/mol. The van der Waals surface area contributed by atoms with Crippen LogP contribution in [0.2, 0.25) is 10.0 Å². The van der Waals surface area contributed by atoms with E-state index in [4.69, 9.17) is 71.7 Å². The van der Waals surface area contributed by atoms with Gasteiger partial charge in [0, 0.05) is 69.0 Å². The molecule has 0 heterocycles. The smallest absolute Gasteiger partial charge is 1.00 e. The maximum absolute atomic E-state index is 10.3. The number of carbonyl (C=O) groups excluding carboxylic acids is 2. The first kappa shape index (κ1) is 40.4. The van der Waals surface area contributed by atoms with Crippen molar-refractivity contribution in [2.24, 2.45) is 0 Å². The van der Waals surface area contributed by atoms with Crippen molar-refractivity contribution in [3.63, 3.8) is 0 Å². The number of hydrogen-bond acceptors (Lipinski definition) is 4. The van der Waals surface area contributed by atoms with Crippen molar-refractivity contribution in [3.05, 3.63) is 57.6 Å². The van der Waals surface area contributed by atoms with Crippen LogP contribution in [0.5, 0.6) is 11.5 Å². The molecule has 1 N–H and O–H groups in total. The van der Waals surface area contributed by atoms with Gasteiger partial charge >= 0.3 is 29.6 Å². The van der Waals surface area contributed by atoms with E-state index in [9.17, 15) is 9.59 Å². The topological polar surface area (TPSA) is 63.6 Å². The van der Waals surface area contributed by atoms with Crippen molar-refractivity contribution >= 4 is 116 Å². The van der Waals surface area contributed by atoms with E-state index >= 15 is 0 Å². The fraction of sp³-hybridized carbons (Fsp3) is 0.176. The average Bonchev–Trinajstić information content (AvgIpc) is 2.75. The normalized spacial score (nSPS) is 8.03. The predicted molar refractivity (Wildman–Crippen MR) is 156 cm³/mol. The summed E-state index contributed by atoms with van der Waals surface area (Å²) in [4.78, 5) is 22.4. The number of phenolic OH excluding ortho intramolecular Hbond substituents is 1. The molecule has 10 radical (unpaired) electrons. The standard InChI is InChI=1S/C8H7ClO2.C7H5ClO2.CH3I.CH4.B8.Na.H/c1-11-7-3-2-6(5-10)8(9)4-7;8-7-3-6(10)2-1-5(7)4-9;1-2;;1-6(2)8(5)7(3)4;;/h2-5H,1H3;1-4,10H;1H3;1H4;;;/q;;;;;+1;-1. The van der Waals surface area contributed by atoms with Crippen LogP contribution in [0.15, 0.2) is 36.4 Å². The minimum atomic E-state index is -0.630. The molecule has 0 fully saturated rings. The molecule has 0 saturated heterocycles. The zero-order valence-corrected chi connectivity index (χ0v) is 23.7. The molecule has 0 unspecified atom stereocenters. The maximum Gasteiger partial charge on any atom is 1.00 e. The third kappa shape index (κ3) is 18.2. The van der Waals surface area contributed by atoms with Crippen molar-refractivity contribution < 1.29 is 50.4 Å². The Morgan fingerprint density at radius 2 is 1.30 bits per heavy atom. The van der Waals surface area contributed by atoms with Gasteiger partial charge in [0.1, 0.15) is 11.5 Å². The minimum absolute atomic E-state index is 0. The van der Waals surface area contributed by atoms with Gasteiger partial charge in [-0.1, -0.05) is 53.2 Å². The van der Waals surface area contributed by atoms with Crippen LogP contribution in [0.1, 0.15) is 29.6 Å². The van der Waals surface area contributed by atoms with Crippen LogP contribution >= 0.6 is 45.8 Å². The molecule has 0 aliphatic rings. The third-order valence-electron chi connectivity index (χ3n) is 3.33. The molecule has 0 saturated carbocycles. The van der Waals surface area contributed by atoms with Gasteiger partial charge in [0.2, 0.25) is 0 Å². The molecule has 0 aromatic heterocycles. The summed E-state index contributed by atoms with van der Waals surface area (Å²) in [5, 5.41) is 9.52. The largest absolute Gasteiger partial charge is 1.00 e. The molecule has 0 aliphatic heterocycles. The van der Waals surface area contributed by atoms with Gasteiger partial charge in [-0.2, -0.15) is 0 Å². The molecule has 33 heavy (non-hydrogen) atoms. The molecule has 0 amide bonds. The van der Waals surface area contributed by atoms with E-state index in [-0.39, 0.29) is 49.2 Å². The Morgan fingerprint density at radius 3 is 1.58 bits per heavy atom. The quantitative estimate of drug-likeness (QED) is 0.225. The van der Waals surface area contributed by atoms with E-state index in [2.05, 4.69) is 22.6 Å². The van der Waals surface area contributed by atoms with Crippen molar-refractivity contribution in [1.82, 2.24) is 0 Å². The number of benzene rings is 2. The Kier molecular flexibility index (Phi) is 29.3. The maximum atomic E-state index is 10.3. The molecule has 158 valence electrons. The molecule has 0 bridgehead atoms. The van der Waals surface area contributed by atoms with Gasteiger partial charge in [0.15, 0.2) is 12.6 Å². The number of aromatic hydroxyl groups is 1. The summed E-state index contributed by atoms with van der Waals surface area (Å²) in [6.07, 6.45) is -0.427. The molecular weight excluding hydrogens is 575 g/mol. The zero-order chi connectivity index (χ0) is 24.6. The Morgan fingerprint density at radius 1 is 0.909 bits per heavy atom. The number of ether oxygens (including phenoxy) is 1. The molecule has 0 spiro atoms. The first-order valence-corrected chi connectivity index (χ1v) is 11.4. The van der Waals surface area contributed by atoms with Gasteiger partial charge in [-0.25, -0.2) is 0 Å². The Labute approximate surface area is 252 Å². The van der Waals surface area contributed by atoms with Crippen LogP contribution in [0.4, 0.5) is 0 Å². The molecule has 4 nitrogen and oxygen atoms in total. The number of rotatable bonds is 5. The van der Waals surface area contributed by atoms with E-state index in [1.165, 1.54) is 18.2 Å². The van der Waals surface area contributed by atoms with Crippen LogP contribution in [-0.2, 0) is 0 Å². The number of carbonyl (C=O) groups is 2. The van der Waals surface area contributed by atoms with E-state index in [1.54, 1.807) is 25.3 Å². The Hall–Kier alpha value is 0.209. The molecule has 2 rings (SSSR count). The van der Waals surface area contributed by atoms with Crippen molar-refractivity contribution in [1.29, 1.82) is 0 Å². The van der Waals surface area contributed by atoms with Crippen LogP contribution in [0, 0.1) is 0 Å². The van der Waals surface area contributed by atoms with Gasteiger partial charge in [0.25, 0.3) is 0 Å². The summed E-state index contributed by atoms with van der Waals surface area (Å²) in [6, 6.07) is 9.11. The molecular formula is C17H20B8Cl2INaO4. The molecule has 2 aromatic rings. The van der Waals surface area contributed by atoms with Gasteiger partial charge in [-0.15, -0.1) is 0 Å². The first-order valence-electron chi connectivity index (χ1n) is 8.45. The van der Waals surface area contributed by atoms with Crippen molar-refractivity contribution in [2.75, 3.05) is 12.0 Å². The van der Waals surface area contributed by atoms with Crippen LogP contribution in [0.3, 0.4) is 0 Å². The summed E-state index contributed by atoms with van der Waals surface area (Å²) >= 11 is 13.4. The van der Waals surface area contributed by atoms with Crippen LogP contribution in [-0.4, -0.2) is 87.6 Å². The van der Waals surface area contributed by atoms with Crippen molar-refractivity contribution in [2.45, 2.75) is 7.43 Å². The Bertz CT molecular complexity index is 808. The van der Waals surface area contributed by atoms with Gasteiger partial charge in [-0.05, 0) is 41.3 Å². The number of phenols is 1. The molecule has 0 aliphatic carbocycles. The average molecular weight is 596 g/mol. The first-order chi connectivity index (χ1) is 14.6. The van der Waals surface area contributed by atoms with Crippen molar-refractivity contribution in [3.8, 4) is 11.5 Å². The fourth-order valence-electron chi connectivity index (χ4n) is 1.60. The second-order valence-electron chi connectivity index (χ2n) is 5.56.